The summed E-state index contributed by atoms with van der Waals surface area (Å²) in [4.78, 5) is 30.3. The maximum Gasteiger partial charge on any atom is 0.302 e. The van der Waals surface area contributed by atoms with Gasteiger partial charge in [0.25, 0.3) is 0 Å². The third-order valence-electron chi connectivity index (χ3n) is 6.90. The van der Waals surface area contributed by atoms with Crippen molar-refractivity contribution in [3.63, 3.8) is 0 Å². The summed E-state index contributed by atoms with van der Waals surface area (Å²) in [5, 5.41) is 3.25. The standard InChI is InChI=1S/C25H40N6O5S/c1-17-15-20-5-3-7-22(23(20)29-16-17)37(34,35)30-21(6-4-11-28-25(26)27)24(33)31-12-8-19(9-13-31)10-14-36-18(2)32/h3,5,7,17,19,21,29-30H,4,6,8-16H2,1-2H3,(H4,26,27,28). The number of likely N-dealkylation sites (tertiary alicyclic amines) is 1. The molecule has 1 fully saturated rings. The molecule has 2 atom stereocenters. The van der Waals surface area contributed by atoms with Crippen LogP contribution in [0.25, 0.3) is 0 Å². The van der Waals surface area contributed by atoms with Crippen LogP contribution in [0.4, 0.5) is 5.69 Å². The lowest BCUT2D eigenvalue weighted by atomic mass is 9.93. The number of aliphatic imine (C=N–C) groups is 1. The Balaban J connectivity index is 1.71. The van der Waals surface area contributed by atoms with Crippen LogP contribution >= 0.6 is 0 Å². The van der Waals surface area contributed by atoms with Gasteiger partial charge in [0, 0.05) is 33.1 Å². The van der Waals surface area contributed by atoms with Crippen molar-refractivity contribution in [2.75, 3.05) is 38.1 Å². The first-order valence-electron chi connectivity index (χ1n) is 12.9. The molecule has 1 aromatic rings. The lowest BCUT2D eigenvalue weighted by Gasteiger charge is -2.34. The number of amides is 1. The summed E-state index contributed by atoms with van der Waals surface area (Å²) in [6.45, 7) is 5.90. The fraction of sp³-hybridized carbons (Fsp3) is 0.640. The van der Waals surface area contributed by atoms with Crippen molar-refractivity contribution in [1.29, 1.82) is 0 Å². The van der Waals surface area contributed by atoms with E-state index in [1.807, 2.05) is 6.07 Å². The smallest absolute Gasteiger partial charge is 0.302 e. The van der Waals surface area contributed by atoms with E-state index in [0.29, 0.717) is 56.7 Å². The lowest BCUT2D eigenvalue weighted by Crippen LogP contribution is -2.50. The van der Waals surface area contributed by atoms with Gasteiger partial charge >= 0.3 is 5.97 Å². The average molecular weight is 537 g/mol. The van der Waals surface area contributed by atoms with Gasteiger partial charge in [0.15, 0.2) is 5.96 Å². The number of esters is 1. The lowest BCUT2D eigenvalue weighted by molar-refractivity contribution is -0.141. The molecule has 1 saturated heterocycles. The highest BCUT2D eigenvalue weighted by Crippen LogP contribution is 2.31. The minimum absolute atomic E-state index is 0.0458. The second kappa shape index (κ2) is 13.1. The maximum absolute atomic E-state index is 13.5. The number of hydrogen-bond donors (Lipinski definition) is 4. The third kappa shape index (κ3) is 8.32. The fourth-order valence-corrected chi connectivity index (χ4v) is 6.36. The van der Waals surface area contributed by atoms with Crippen LogP contribution in [0.15, 0.2) is 28.1 Å². The van der Waals surface area contributed by atoms with Crippen molar-refractivity contribution in [3.8, 4) is 0 Å². The molecule has 0 radical (unpaired) electrons. The first-order valence-corrected chi connectivity index (χ1v) is 14.4. The molecule has 11 nitrogen and oxygen atoms in total. The first-order chi connectivity index (χ1) is 17.6. The molecule has 0 saturated carbocycles. The minimum atomic E-state index is -3.98. The van der Waals surface area contributed by atoms with Crippen molar-refractivity contribution < 1.29 is 22.7 Å². The number of hydrogen-bond acceptors (Lipinski definition) is 7. The van der Waals surface area contributed by atoms with E-state index in [0.717, 1.165) is 31.2 Å². The molecule has 3 rings (SSSR count). The normalized spacial score (nSPS) is 18.9. The zero-order valence-corrected chi connectivity index (χ0v) is 22.6. The van der Waals surface area contributed by atoms with E-state index in [1.165, 1.54) is 6.92 Å². The van der Waals surface area contributed by atoms with E-state index in [1.54, 1.807) is 17.0 Å². The predicted octanol–water partition coefficient (Wildman–Crippen LogP) is 1.18. The average Bonchev–Trinajstić information content (AvgIpc) is 2.85. The molecule has 6 N–H and O–H groups in total. The predicted molar refractivity (Wildman–Crippen MR) is 142 cm³/mol. The number of anilines is 1. The van der Waals surface area contributed by atoms with E-state index in [-0.39, 0.29) is 29.2 Å². The van der Waals surface area contributed by atoms with Crippen LogP contribution in [-0.4, -0.2) is 70.0 Å². The zero-order chi connectivity index (χ0) is 27.0. The van der Waals surface area contributed by atoms with Gasteiger partial charge in [-0.15, -0.1) is 0 Å². The zero-order valence-electron chi connectivity index (χ0n) is 21.7. The van der Waals surface area contributed by atoms with Crippen molar-refractivity contribution in [2.24, 2.45) is 28.3 Å². The van der Waals surface area contributed by atoms with Crippen LogP contribution in [0.5, 0.6) is 0 Å². The van der Waals surface area contributed by atoms with Gasteiger partial charge in [-0.3, -0.25) is 14.6 Å². The summed E-state index contributed by atoms with van der Waals surface area (Å²) in [7, 11) is -3.98. The number of benzene rings is 1. The molecule has 1 amide bonds. The summed E-state index contributed by atoms with van der Waals surface area (Å²) in [5.41, 5.74) is 12.4. The molecule has 12 heteroatoms. The Hall–Kier alpha value is -2.86. The monoisotopic (exact) mass is 536 g/mol. The molecular weight excluding hydrogens is 496 g/mol. The molecule has 37 heavy (non-hydrogen) atoms. The molecule has 2 aliphatic rings. The van der Waals surface area contributed by atoms with Crippen LogP contribution in [0, 0.1) is 11.8 Å². The SMILES string of the molecule is CC(=O)OCCC1CCN(C(=O)C(CCCN=C(N)N)NS(=O)(=O)c2cccc3c2NCC(C)C3)CC1. The number of para-hydroxylation sites is 1. The van der Waals surface area contributed by atoms with Crippen molar-refractivity contribution in [3.05, 3.63) is 23.8 Å². The number of carbonyl (C=O) groups excluding carboxylic acids is 2. The summed E-state index contributed by atoms with van der Waals surface area (Å²) in [6.07, 6.45) is 3.79. The van der Waals surface area contributed by atoms with Gasteiger partial charge in [0.05, 0.1) is 12.3 Å². The second-order valence-electron chi connectivity index (χ2n) is 10.0. The maximum atomic E-state index is 13.5. The molecule has 0 bridgehead atoms. The van der Waals surface area contributed by atoms with Gasteiger partial charge in [-0.1, -0.05) is 19.1 Å². The van der Waals surface area contributed by atoms with Crippen LogP contribution in [0.3, 0.4) is 0 Å². The van der Waals surface area contributed by atoms with Gasteiger partial charge in [-0.25, -0.2) is 8.42 Å². The van der Waals surface area contributed by atoms with E-state index in [2.05, 4.69) is 22.0 Å². The number of nitrogens with zero attached hydrogens (tertiary/aromatic N) is 2. The van der Waals surface area contributed by atoms with Gasteiger partial charge in [-0.05, 0) is 62.0 Å². The van der Waals surface area contributed by atoms with Crippen molar-refractivity contribution in [1.82, 2.24) is 9.62 Å². The first kappa shape index (κ1) is 28.7. The van der Waals surface area contributed by atoms with E-state index < -0.39 is 16.1 Å². The summed E-state index contributed by atoms with van der Waals surface area (Å²) >= 11 is 0. The number of ether oxygens (including phenoxy) is 1. The summed E-state index contributed by atoms with van der Waals surface area (Å²) in [6, 6.07) is 4.30. The summed E-state index contributed by atoms with van der Waals surface area (Å²) in [5.74, 6) is 0.159. The molecular formula is C25H40N6O5S. The highest BCUT2D eigenvalue weighted by Gasteiger charge is 2.33. The fourth-order valence-electron chi connectivity index (χ4n) is 4.91. The second-order valence-corrected chi connectivity index (χ2v) is 11.7. The van der Waals surface area contributed by atoms with Crippen LogP contribution in [0.2, 0.25) is 0 Å². The van der Waals surface area contributed by atoms with Gasteiger partial charge < -0.3 is 26.4 Å². The molecule has 0 aliphatic carbocycles. The molecule has 2 heterocycles. The molecule has 1 aromatic carbocycles. The number of nitrogens with two attached hydrogens (primary N) is 2. The third-order valence-corrected chi connectivity index (χ3v) is 8.41. The van der Waals surface area contributed by atoms with Crippen LogP contribution in [0.1, 0.15) is 51.5 Å². The highest BCUT2D eigenvalue weighted by atomic mass is 32.2. The Morgan fingerprint density at radius 2 is 2.00 bits per heavy atom. The highest BCUT2D eigenvalue weighted by molar-refractivity contribution is 7.89. The minimum Gasteiger partial charge on any atom is -0.466 e. The molecule has 0 spiro atoms. The van der Waals surface area contributed by atoms with Crippen molar-refractivity contribution in [2.45, 2.75) is 63.3 Å². The number of rotatable bonds is 11. The molecule has 206 valence electrons. The Labute approximate surface area is 219 Å². The van der Waals surface area contributed by atoms with Crippen LogP contribution in [-0.2, 0) is 30.8 Å². The van der Waals surface area contributed by atoms with Gasteiger partial charge in [-0.2, -0.15) is 4.72 Å². The number of piperidine rings is 1. The number of sulfonamides is 1. The Bertz CT molecular complexity index is 1080. The number of fused-ring (bicyclic) bond motifs is 1. The van der Waals surface area contributed by atoms with Crippen LogP contribution < -0.4 is 21.5 Å². The number of guanidine groups is 1. The molecule has 2 unspecified atom stereocenters. The van der Waals surface area contributed by atoms with Gasteiger partial charge in [0.1, 0.15) is 10.9 Å². The molecule has 2 aliphatic heterocycles. The van der Waals surface area contributed by atoms with E-state index >= 15 is 0 Å². The topological polar surface area (TPSA) is 169 Å². The Kier molecular flexibility index (Phi) is 10.2. The van der Waals surface area contributed by atoms with Crippen molar-refractivity contribution >= 4 is 33.5 Å². The number of carbonyl (C=O) groups is 2. The summed E-state index contributed by atoms with van der Waals surface area (Å²) < 4.78 is 34.8. The Morgan fingerprint density at radius 1 is 1.27 bits per heavy atom. The van der Waals surface area contributed by atoms with E-state index in [4.69, 9.17) is 16.2 Å². The van der Waals surface area contributed by atoms with E-state index in [9.17, 15) is 18.0 Å². The number of nitrogens with one attached hydrogen (secondary N) is 2. The largest absolute Gasteiger partial charge is 0.466 e. The van der Waals surface area contributed by atoms with Gasteiger partial charge in [0.2, 0.25) is 15.9 Å². The quantitative estimate of drug-likeness (QED) is 0.141. The molecule has 0 aromatic heterocycles. The Morgan fingerprint density at radius 3 is 2.68 bits per heavy atom.